The van der Waals surface area contributed by atoms with Gasteiger partial charge in [0.2, 0.25) is 0 Å². The lowest BCUT2D eigenvalue weighted by Crippen LogP contribution is -2.32. The number of benzene rings is 3. The molecule has 0 aromatic heterocycles. The van der Waals surface area contributed by atoms with E-state index >= 15 is 0 Å². The molecule has 1 aliphatic heterocycles. The molecule has 0 saturated heterocycles. The van der Waals surface area contributed by atoms with Crippen LogP contribution in [0.25, 0.3) is 0 Å². The number of anilines is 3. The summed E-state index contributed by atoms with van der Waals surface area (Å²) in [5.74, 6) is -1.35. The highest BCUT2D eigenvalue weighted by Crippen LogP contribution is 2.38. The first-order valence-electron chi connectivity index (χ1n) is 11.5. The van der Waals surface area contributed by atoms with Crippen molar-refractivity contribution in [2.45, 2.75) is 19.8 Å². The van der Waals surface area contributed by atoms with Crippen molar-refractivity contribution >= 4 is 81.2 Å². The number of hydrogen-bond donors (Lipinski definition) is 2. The highest BCUT2D eigenvalue weighted by molar-refractivity contribution is 6.54. The molecular weight excluding hydrogens is 572 g/mol. The van der Waals surface area contributed by atoms with Crippen LogP contribution in [0.5, 0.6) is 5.75 Å². The second-order valence-electron chi connectivity index (χ2n) is 8.21. The van der Waals surface area contributed by atoms with Crippen LogP contribution >= 0.6 is 46.4 Å². The van der Waals surface area contributed by atoms with Gasteiger partial charge in [0.15, 0.2) is 0 Å². The Morgan fingerprint density at radius 3 is 2.39 bits per heavy atom. The maximum atomic E-state index is 13.2. The minimum absolute atomic E-state index is 0.0407. The van der Waals surface area contributed by atoms with Crippen molar-refractivity contribution in [2.24, 2.45) is 0 Å². The van der Waals surface area contributed by atoms with Gasteiger partial charge in [-0.25, -0.2) is 4.90 Å². The zero-order valence-electron chi connectivity index (χ0n) is 20.0. The van der Waals surface area contributed by atoms with Crippen molar-refractivity contribution in [1.82, 2.24) is 0 Å². The Morgan fingerprint density at radius 1 is 0.895 bits per heavy atom. The average molecular weight is 593 g/mol. The first kappa shape index (κ1) is 27.8. The molecule has 0 unspecified atom stereocenters. The monoisotopic (exact) mass is 591 g/mol. The van der Waals surface area contributed by atoms with Gasteiger partial charge in [0.25, 0.3) is 17.7 Å². The molecule has 1 heterocycles. The summed E-state index contributed by atoms with van der Waals surface area (Å²) >= 11 is 24.5. The fourth-order valence-electron chi connectivity index (χ4n) is 3.61. The Hall–Kier alpha value is -3.23. The SMILES string of the molecule is CCCCOc1ccccc1NC(=O)c1cccc(NC2=C(Cl)C(=O)N(c3cc(Cl)c(Cl)cc3Cl)C2=O)c1. The normalized spacial score (nSPS) is 13.2. The Labute approximate surface area is 239 Å². The molecule has 0 saturated carbocycles. The molecule has 38 heavy (non-hydrogen) atoms. The molecule has 11 heteroatoms. The van der Waals surface area contributed by atoms with Gasteiger partial charge < -0.3 is 15.4 Å². The number of amides is 3. The average Bonchev–Trinajstić information content (AvgIpc) is 3.10. The van der Waals surface area contributed by atoms with E-state index in [-0.39, 0.29) is 31.5 Å². The van der Waals surface area contributed by atoms with E-state index in [2.05, 4.69) is 17.6 Å². The summed E-state index contributed by atoms with van der Waals surface area (Å²) in [7, 11) is 0. The van der Waals surface area contributed by atoms with Gasteiger partial charge in [-0.1, -0.05) is 77.9 Å². The van der Waals surface area contributed by atoms with E-state index in [1.165, 1.54) is 18.2 Å². The molecule has 1 aliphatic rings. The number of carbonyl (C=O) groups is 3. The number of unbranched alkanes of at least 4 members (excludes halogenated alkanes) is 1. The van der Waals surface area contributed by atoms with E-state index in [4.69, 9.17) is 51.1 Å². The molecule has 0 aliphatic carbocycles. The van der Waals surface area contributed by atoms with Crippen molar-refractivity contribution in [3.63, 3.8) is 0 Å². The van der Waals surface area contributed by atoms with E-state index in [0.717, 1.165) is 17.7 Å². The molecule has 7 nitrogen and oxygen atoms in total. The summed E-state index contributed by atoms with van der Waals surface area (Å²) in [6.45, 7) is 2.60. The topological polar surface area (TPSA) is 87.7 Å². The number of carbonyl (C=O) groups excluding carboxylic acids is 3. The lowest BCUT2D eigenvalue weighted by molar-refractivity contribution is -0.120. The number of imide groups is 1. The first-order chi connectivity index (χ1) is 18.2. The molecule has 3 aromatic rings. The van der Waals surface area contributed by atoms with Crippen molar-refractivity contribution in [3.05, 3.63) is 92.0 Å². The van der Waals surface area contributed by atoms with Crippen LogP contribution < -0.4 is 20.3 Å². The van der Waals surface area contributed by atoms with Gasteiger partial charge in [-0.15, -0.1) is 0 Å². The first-order valence-corrected chi connectivity index (χ1v) is 13.1. The smallest absolute Gasteiger partial charge is 0.283 e. The molecule has 2 N–H and O–H groups in total. The number of rotatable bonds is 9. The van der Waals surface area contributed by atoms with Crippen LogP contribution in [0.2, 0.25) is 15.1 Å². The molecule has 0 fully saturated rings. The molecule has 196 valence electrons. The van der Waals surface area contributed by atoms with Gasteiger partial charge in [-0.05, 0) is 48.9 Å². The fraction of sp³-hybridized carbons (Fsp3) is 0.148. The number of ether oxygens (including phenoxy) is 1. The van der Waals surface area contributed by atoms with E-state index in [9.17, 15) is 14.4 Å². The second-order valence-corrected chi connectivity index (χ2v) is 9.81. The van der Waals surface area contributed by atoms with Crippen molar-refractivity contribution in [3.8, 4) is 5.75 Å². The van der Waals surface area contributed by atoms with E-state index in [0.29, 0.717) is 29.3 Å². The predicted molar refractivity (Wildman–Crippen MR) is 152 cm³/mol. The van der Waals surface area contributed by atoms with Gasteiger partial charge in [-0.2, -0.15) is 0 Å². The number of para-hydroxylation sites is 2. The Kier molecular flexibility index (Phi) is 8.84. The largest absolute Gasteiger partial charge is 0.491 e. The van der Waals surface area contributed by atoms with Crippen molar-refractivity contribution in [1.29, 1.82) is 0 Å². The maximum Gasteiger partial charge on any atom is 0.283 e. The van der Waals surface area contributed by atoms with Gasteiger partial charge in [0.1, 0.15) is 16.5 Å². The van der Waals surface area contributed by atoms with Crippen LogP contribution in [-0.4, -0.2) is 24.3 Å². The minimum Gasteiger partial charge on any atom is -0.491 e. The number of hydrogen-bond acceptors (Lipinski definition) is 5. The van der Waals surface area contributed by atoms with E-state index < -0.39 is 17.7 Å². The van der Waals surface area contributed by atoms with Crippen LogP contribution in [0.3, 0.4) is 0 Å². The second kappa shape index (κ2) is 12.1. The van der Waals surface area contributed by atoms with Crippen LogP contribution in [0.4, 0.5) is 17.1 Å². The molecule has 3 aromatic carbocycles. The highest BCUT2D eigenvalue weighted by Gasteiger charge is 2.40. The van der Waals surface area contributed by atoms with Gasteiger partial charge in [0, 0.05) is 11.3 Å². The number of nitrogens with zero attached hydrogens (tertiary/aromatic N) is 1. The lowest BCUT2D eigenvalue weighted by atomic mass is 10.1. The number of halogens is 4. The third-order valence-corrected chi connectivity index (χ3v) is 6.92. The summed E-state index contributed by atoms with van der Waals surface area (Å²) in [5.41, 5.74) is 1.06. The fourth-order valence-corrected chi connectivity index (χ4v) is 4.45. The van der Waals surface area contributed by atoms with Crippen LogP contribution in [0, 0.1) is 0 Å². The van der Waals surface area contributed by atoms with Crippen molar-refractivity contribution < 1.29 is 19.1 Å². The van der Waals surface area contributed by atoms with Gasteiger partial charge in [-0.3, -0.25) is 14.4 Å². The zero-order chi connectivity index (χ0) is 27.4. The standard InChI is InChI=1S/C27H21Cl4N3O4/c1-2-3-11-38-22-10-5-4-9-20(22)33-25(35)15-7-6-8-16(12-15)32-24-23(31)26(36)34(27(24)37)21-14-18(29)17(28)13-19(21)30/h4-10,12-14,32H,2-3,11H2,1H3,(H,33,35). The summed E-state index contributed by atoms with van der Waals surface area (Å²) in [4.78, 5) is 39.8. The molecular formula is C27H21Cl4N3O4. The third kappa shape index (κ3) is 5.92. The van der Waals surface area contributed by atoms with Crippen LogP contribution in [0.15, 0.2) is 71.4 Å². The van der Waals surface area contributed by atoms with Gasteiger partial charge >= 0.3 is 0 Å². The van der Waals surface area contributed by atoms with Crippen LogP contribution in [-0.2, 0) is 9.59 Å². The summed E-state index contributed by atoms with van der Waals surface area (Å²) in [6.07, 6.45) is 1.88. The van der Waals surface area contributed by atoms with Crippen LogP contribution in [0.1, 0.15) is 30.1 Å². The molecule has 0 bridgehead atoms. The molecule has 3 amide bonds. The Morgan fingerprint density at radius 2 is 1.63 bits per heavy atom. The molecule has 0 atom stereocenters. The third-order valence-electron chi connectivity index (χ3n) is 5.54. The summed E-state index contributed by atoms with van der Waals surface area (Å²) < 4.78 is 5.78. The van der Waals surface area contributed by atoms with E-state index in [1.54, 1.807) is 36.4 Å². The maximum absolute atomic E-state index is 13.2. The highest BCUT2D eigenvalue weighted by atomic mass is 35.5. The molecule has 0 spiro atoms. The Bertz CT molecular complexity index is 1460. The van der Waals surface area contributed by atoms with Gasteiger partial charge in [0.05, 0.1) is 33.0 Å². The minimum atomic E-state index is -0.784. The van der Waals surface area contributed by atoms with E-state index in [1.807, 2.05) is 6.07 Å². The summed E-state index contributed by atoms with van der Waals surface area (Å²) in [5, 5.41) is 5.68. The number of nitrogens with one attached hydrogen (secondary N) is 2. The Balaban J connectivity index is 1.53. The molecule has 0 radical (unpaired) electrons. The summed E-state index contributed by atoms with van der Waals surface area (Å²) in [6, 6.07) is 16.2. The quantitative estimate of drug-likeness (QED) is 0.152. The zero-order valence-corrected chi connectivity index (χ0v) is 23.0. The van der Waals surface area contributed by atoms with Crippen molar-refractivity contribution in [2.75, 3.05) is 22.1 Å². The lowest BCUT2D eigenvalue weighted by Gasteiger charge is -2.17. The molecule has 4 rings (SSSR count). The predicted octanol–water partition coefficient (Wildman–Crippen LogP) is 7.51.